The van der Waals surface area contributed by atoms with Gasteiger partial charge in [0.1, 0.15) is 0 Å². The number of halogens is 1. The van der Waals surface area contributed by atoms with Crippen molar-refractivity contribution in [3.8, 4) is 0 Å². The summed E-state index contributed by atoms with van der Waals surface area (Å²) in [6, 6.07) is 6.09. The van der Waals surface area contributed by atoms with Gasteiger partial charge in [-0.05, 0) is 30.7 Å². The van der Waals surface area contributed by atoms with E-state index < -0.39 is 10.0 Å². The molecule has 1 N–H and O–H groups in total. The second kappa shape index (κ2) is 6.49. The highest BCUT2D eigenvalue weighted by Crippen LogP contribution is 2.17. The highest BCUT2D eigenvalue weighted by atomic mass is 79.9. The van der Waals surface area contributed by atoms with E-state index in [1.165, 1.54) is 26.2 Å². The molecule has 1 rings (SSSR count). The quantitative estimate of drug-likeness (QED) is 0.828. The third kappa shape index (κ3) is 4.02. The number of rotatable bonds is 5. The van der Waals surface area contributed by atoms with Gasteiger partial charge in [0.25, 0.3) is 0 Å². The Labute approximate surface area is 122 Å². The number of hydrogen-bond acceptors (Lipinski definition) is 3. The molecule has 0 saturated carbocycles. The first-order valence-electron chi connectivity index (χ1n) is 5.76. The Morgan fingerprint density at radius 1 is 1.32 bits per heavy atom. The Balaban J connectivity index is 2.86. The lowest BCUT2D eigenvalue weighted by atomic mass is 10.3. The van der Waals surface area contributed by atoms with Crippen molar-refractivity contribution in [3.05, 3.63) is 24.3 Å². The third-order valence-electron chi connectivity index (χ3n) is 2.54. The first-order chi connectivity index (χ1) is 8.78. The number of nitrogens with one attached hydrogen (secondary N) is 1. The molecule has 19 heavy (non-hydrogen) atoms. The van der Waals surface area contributed by atoms with Gasteiger partial charge in [-0.15, -0.1) is 0 Å². The predicted octanol–water partition coefficient (Wildman–Crippen LogP) is 2.05. The molecule has 7 heteroatoms. The number of benzene rings is 1. The molecule has 0 saturated heterocycles. The van der Waals surface area contributed by atoms with Gasteiger partial charge in [0.2, 0.25) is 15.9 Å². The highest BCUT2D eigenvalue weighted by Gasteiger charge is 2.17. The number of amides is 1. The van der Waals surface area contributed by atoms with Crippen LogP contribution in [0.4, 0.5) is 5.69 Å². The monoisotopic (exact) mass is 348 g/mol. The molecular weight excluding hydrogens is 332 g/mol. The number of carbonyl (C=O) groups excluding carboxylic acids is 1. The average molecular weight is 349 g/mol. The third-order valence-corrected chi connectivity index (χ3v) is 5.44. The first kappa shape index (κ1) is 16.1. The van der Waals surface area contributed by atoms with Crippen molar-refractivity contribution in [2.45, 2.75) is 23.1 Å². The number of alkyl halides is 1. The number of nitrogens with zero attached hydrogens (tertiary/aromatic N) is 1. The summed E-state index contributed by atoms with van der Waals surface area (Å²) in [5, 5.41) is 2.71. The Morgan fingerprint density at radius 2 is 1.84 bits per heavy atom. The second-order valence-corrected chi connectivity index (χ2v) is 7.43. The SMILES string of the molecule is CCC(Br)C(=O)Nc1ccc(S(=O)(=O)N(C)C)cc1. The molecule has 0 heterocycles. The molecule has 1 aromatic carbocycles. The largest absolute Gasteiger partial charge is 0.325 e. The molecule has 1 aromatic rings. The zero-order valence-electron chi connectivity index (χ0n) is 11.1. The van der Waals surface area contributed by atoms with Gasteiger partial charge < -0.3 is 5.32 Å². The van der Waals surface area contributed by atoms with E-state index in [2.05, 4.69) is 21.2 Å². The normalized spacial score (nSPS) is 13.3. The number of hydrogen-bond donors (Lipinski definition) is 1. The maximum Gasteiger partial charge on any atom is 0.242 e. The molecule has 0 bridgehead atoms. The molecular formula is C12H17BrN2O3S. The number of sulfonamides is 1. The minimum atomic E-state index is -3.43. The van der Waals surface area contributed by atoms with E-state index in [4.69, 9.17) is 0 Å². The van der Waals surface area contributed by atoms with Gasteiger partial charge in [-0.1, -0.05) is 22.9 Å². The van der Waals surface area contributed by atoms with Gasteiger partial charge in [0, 0.05) is 19.8 Å². The minimum Gasteiger partial charge on any atom is -0.325 e. The fraction of sp³-hybridized carbons (Fsp3) is 0.417. The van der Waals surface area contributed by atoms with Crippen molar-refractivity contribution in [1.29, 1.82) is 0 Å². The summed E-state index contributed by atoms with van der Waals surface area (Å²) in [5.41, 5.74) is 0.570. The van der Waals surface area contributed by atoms with Crippen LogP contribution in [0.5, 0.6) is 0 Å². The summed E-state index contributed by atoms with van der Waals surface area (Å²) in [6.45, 7) is 1.89. The zero-order chi connectivity index (χ0) is 14.6. The van der Waals surface area contributed by atoms with Crippen molar-refractivity contribution >= 4 is 37.5 Å². The summed E-state index contributed by atoms with van der Waals surface area (Å²) >= 11 is 3.25. The number of anilines is 1. The van der Waals surface area contributed by atoms with Crippen LogP contribution in [0.15, 0.2) is 29.2 Å². The molecule has 0 aliphatic heterocycles. The minimum absolute atomic E-state index is 0.147. The van der Waals surface area contributed by atoms with Crippen molar-refractivity contribution in [3.63, 3.8) is 0 Å². The number of carbonyl (C=O) groups is 1. The lowest BCUT2D eigenvalue weighted by Crippen LogP contribution is -2.23. The molecule has 0 fully saturated rings. The van der Waals surface area contributed by atoms with Gasteiger partial charge >= 0.3 is 0 Å². The Morgan fingerprint density at radius 3 is 2.26 bits per heavy atom. The molecule has 106 valence electrons. The van der Waals surface area contributed by atoms with Crippen molar-refractivity contribution in [2.24, 2.45) is 0 Å². The van der Waals surface area contributed by atoms with Crippen LogP contribution in [0, 0.1) is 0 Å². The maximum absolute atomic E-state index is 11.9. The van der Waals surface area contributed by atoms with Gasteiger partial charge in [-0.2, -0.15) is 0 Å². The van der Waals surface area contributed by atoms with Crippen LogP contribution in [0.25, 0.3) is 0 Å². The van der Waals surface area contributed by atoms with E-state index in [0.29, 0.717) is 12.1 Å². The molecule has 1 atom stereocenters. The van der Waals surface area contributed by atoms with Crippen LogP contribution < -0.4 is 5.32 Å². The highest BCUT2D eigenvalue weighted by molar-refractivity contribution is 9.10. The fourth-order valence-corrected chi connectivity index (χ4v) is 2.34. The van der Waals surface area contributed by atoms with E-state index >= 15 is 0 Å². The summed E-state index contributed by atoms with van der Waals surface area (Å²) < 4.78 is 24.8. The molecule has 0 aliphatic carbocycles. The summed E-state index contributed by atoms with van der Waals surface area (Å²) in [7, 11) is -0.484. The lowest BCUT2D eigenvalue weighted by molar-refractivity contribution is -0.115. The summed E-state index contributed by atoms with van der Waals surface area (Å²) in [4.78, 5) is 11.6. The smallest absolute Gasteiger partial charge is 0.242 e. The molecule has 5 nitrogen and oxygen atoms in total. The lowest BCUT2D eigenvalue weighted by Gasteiger charge is -2.12. The topological polar surface area (TPSA) is 66.5 Å². The Hall–Kier alpha value is -0.920. The van der Waals surface area contributed by atoms with Crippen molar-refractivity contribution < 1.29 is 13.2 Å². The molecule has 0 spiro atoms. The van der Waals surface area contributed by atoms with Crippen molar-refractivity contribution in [1.82, 2.24) is 4.31 Å². The first-order valence-corrected chi connectivity index (χ1v) is 8.12. The zero-order valence-corrected chi connectivity index (χ0v) is 13.5. The Kier molecular flexibility index (Phi) is 5.51. The van der Waals surface area contributed by atoms with Crippen LogP contribution in [0.3, 0.4) is 0 Å². The van der Waals surface area contributed by atoms with Crippen LogP contribution in [-0.4, -0.2) is 37.6 Å². The molecule has 1 unspecified atom stereocenters. The van der Waals surface area contributed by atoms with E-state index in [-0.39, 0.29) is 15.6 Å². The summed E-state index contributed by atoms with van der Waals surface area (Å²) in [6.07, 6.45) is 0.679. The average Bonchev–Trinajstić information content (AvgIpc) is 2.38. The Bertz CT molecular complexity index is 541. The standard InChI is InChI=1S/C12H17BrN2O3S/c1-4-11(13)12(16)14-9-5-7-10(8-6-9)19(17,18)15(2)3/h5-8,11H,4H2,1-3H3,(H,14,16). The molecule has 1 amide bonds. The van der Waals surface area contributed by atoms with Crippen LogP contribution in [0.2, 0.25) is 0 Å². The second-order valence-electron chi connectivity index (χ2n) is 4.18. The van der Waals surface area contributed by atoms with Crippen LogP contribution in [-0.2, 0) is 14.8 Å². The molecule has 0 radical (unpaired) electrons. The van der Waals surface area contributed by atoms with Gasteiger partial charge in [-0.3, -0.25) is 4.79 Å². The van der Waals surface area contributed by atoms with Crippen LogP contribution in [0.1, 0.15) is 13.3 Å². The fourth-order valence-electron chi connectivity index (χ4n) is 1.33. The molecule has 0 aromatic heterocycles. The maximum atomic E-state index is 11.9. The van der Waals surface area contributed by atoms with Crippen molar-refractivity contribution in [2.75, 3.05) is 19.4 Å². The van der Waals surface area contributed by atoms with E-state index in [0.717, 1.165) is 4.31 Å². The van der Waals surface area contributed by atoms with E-state index in [1.54, 1.807) is 12.1 Å². The summed E-state index contributed by atoms with van der Waals surface area (Å²) in [5.74, 6) is -0.147. The van der Waals surface area contributed by atoms with Gasteiger partial charge in [-0.25, -0.2) is 12.7 Å². The van der Waals surface area contributed by atoms with Gasteiger partial charge in [0.05, 0.1) is 9.72 Å². The van der Waals surface area contributed by atoms with Crippen LogP contribution >= 0.6 is 15.9 Å². The predicted molar refractivity (Wildman–Crippen MR) is 79.0 cm³/mol. The molecule has 0 aliphatic rings. The van der Waals surface area contributed by atoms with E-state index in [1.807, 2.05) is 6.92 Å². The van der Waals surface area contributed by atoms with E-state index in [9.17, 15) is 13.2 Å². The van der Waals surface area contributed by atoms with Gasteiger partial charge in [0.15, 0.2) is 0 Å².